The van der Waals surface area contributed by atoms with Gasteiger partial charge in [-0.15, -0.1) is 0 Å². The Hall–Kier alpha value is -5.28. The van der Waals surface area contributed by atoms with E-state index < -0.39 is 20.9 Å². The Morgan fingerprint density at radius 2 is 1.85 bits per heavy atom. The number of pyridine rings is 1. The van der Waals surface area contributed by atoms with Crippen molar-refractivity contribution in [1.82, 2.24) is 19.6 Å². The Kier molecular flexibility index (Phi) is 11.3. The van der Waals surface area contributed by atoms with Gasteiger partial charge in [0, 0.05) is 79.3 Å². The number of nitrogens with one attached hydrogen (secondary N) is 2. The van der Waals surface area contributed by atoms with Gasteiger partial charge < -0.3 is 19.7 Å². The van der Waals surface area contributed by atoms with Crippen LogP contribution in [0.2, 0.25) is 5.02 Å². The van der Waals surface area contributed by atoms with Crippen LogP contribution in [-0.4, -0.2) is 78.6 Å². The molecule has 0 radical (unpaired) electrons. The highest BCUT2D eigenvalue weighted by Crippen LogP contribution is 2.44. The maximum absolute atomic E-state index is 13.9. The number of sulfonamides is 1. The minimum absolute atomic E-state index is 0.0364. The number of ether oxygens (including phenoxy) is 1. The quantitative estimate of drug-likeness (QED) is 0.0829. The lowest BCUT2D eigenvalue weighted by Crippen LogP contribution is -2.47. The third kappa shape index (κ3) is 8.86. The van der Waals surface area contributed by atoms with E-state index in [1.807, 2.05) is 18.2 Å². The van der Waals surface area contributed by atoms with Gasteiger partial charge in [-0.05, 0) is 109 Å². The molecule has 1 aliphatic heterocycles. The number of hydrogen-bond donors (Lipinski definition) is 3. The predicted octanol–water partition coefficient (Wildman–Crippen LogP) is 7.92. The molecule has 2 aromatic heterocycles. The van der Waals surface area contributed by atoms with Crippen LogP contribution in [0.25, 0.3) is 16.6 Å². The van der Waals surface area contributed by atoms with E-state index in [1.165, 1.54) is 29.0 Å². The predicted molar refractivity (Wildman–Crippen MR) is 228 cm³/mol. The molecule has 1 saturated heterocycles. The van der Waals surface area contributed by atoms with Crippen molar-refractivity contribution in [2.24, 2.45) is 11.3 Å². The van der Waals surface area contributed by atoms with Crippen molar-refractivity contribution in [1.29, 1.82) is 0 Å². The van der Waals surface area contributed by atoms with Crippen molar-refractivity contribution in [3.8, 4) is 11.5 Å². The number of hydrogen-bond acceptors (Lipinski definition) is 10. The topological polar surface area (TPSA) is 171 Å². The number of H-pyrrole nitrogens is 1. The molecule has 1 fully saturated rings. The van der Waals surface area contributed by atoms with Crippen LogP contribution in [0.5, 0.6) is 11.5 Å². The van der Waals surface area contributed by atoms with Crippen LogP contribution in [0.3, 0.4) is 0 Å². The summed E-state index contributed by atoms with van der Waals surface area (Å²) in [6, 6.07) is 19.2. The Morgan fingerprint density at radius 1 is 1.07 bits per heavy atom. The average molecular weight is 839 g/mol. The number of aromatic nitrogens is 2. The van der Waals surface area contributed by atoms with Gasteiger partial charge in [0.05, 0.1) is 21.6 Å². The zero-order valence-corrected chi connectivity index (χ0v) is 34.6. The van der Waals surface area contributed by atoms with E-state index >= 15 is 0 Å². The van der Waals surface area contributed by atoms with Gasteiger partial charge in [-0.25, -0.2) is 18.1 Å². The molecule has 1 amide bonds. The number of aromatic amines is 1. The fourth-order valence-corrected chi connectivity index (χ4v) is 9.86. The zero-order valence-electron chi connectivity index (χ0n) is 33.0. The minimum atomic E-state index is -4.56. The van der Waals surface area contributed by atoms with Gasteiger partial charge in [-0.3, -0.25) is 19.8 Å². The number of rotatable bonds is 12. The fourth-order valence-electron chi connectivity index (χ4n) is 8.70. The summed E-state index contributed by atoms with van der Waals surface area (Å²) in [5.41, 5.74) is 6.41. The molecule has 0 bridgehead atoms. The van der Waals surface area contributed by atoms with Crippen LogP contribution in [-0.2, 0) is 22.9 Å². The number of aliphatic hydroxyl groups is 1. The van der Waals surface area contributed by atoms with Crippen molar-refractivity contribution in [2.45, 2.75) is 57.3 Å². The molecular formula is C44H47ClN6O7S. The third-order valence-corrected chi connectivity index (χ3v) is 13.5. The molecule has 3 aliphatic rings. The number of halogens is 1. The number of nitro groups is 1. The van der Waals surface area contributed by atoms with E-state index in [9.17, 15) is 28.4 Å². The fraction of sp³-hybridized carbons (Fsp3) is 0.364. The summed E-state index contributed by atoms with van der Waals surface area (Å²) in [6.45, 7) is 8.55. The van der Waals surface area contributed by atoms with E-state index in [1.54, 1.807) is 30.5 Å². The number of piperazine rings is 1. The van der Waals surface area contributed by atoms with Gasteiger partial charge in [0.2, 0.25) is 0 Å². The van der Waals surface area contributed by atoms with Gasteiger partial charge >= 0.3 is 0 Å². The molecule has 3 aromatic carbocycles. The van der Waals surface area contributed by atoms with Crippen molar-refractivity contribution >= 4 is 55.5 Å². The zero-order chi connectivity index (χ0) is 41.5. The Morgan fingerprint density at radius 3 is 2.59 bits per heavy atom. The molecule has 3 heterocycles. The highest BCUT2D eigenvalue weighted by molar-refractivity contribution is 7.90. The van der Waals surface area contributed by atoms with Crippen molar-refractivity contribution < 1.29 is 28.0 Å². The number of nitrogens with zero attached hydrogens (tertiary/aromatic N) is 4. The largest absolute Gasteiger partial charge is 0.455 e. The first kappa shape index (κ1) is 40.5. The van der Waals surface area contributed by atoms with E-state index in [0.717, 1.165) is 74.1 Å². The summed E-state index contributed by atoms with van der Waals surface area (Å²) >= 11 is 6.23. The summed E-state index contributed by atoms with van der Waals surface area (Å²) in [4.78, 5) is 37.1. The molecule has 0 saturated carbocycles. The van der Waals surface area contributed by atoms with Crippen molar-refractivity contribution in [2.75, 3.05) is 44.2 Å². The summed E-state index contributed by atoms with van der Waals surface area (Å²) < 4.78 is 35.9. The summed E-state index contributed by atoms with van der Waals surface area (Å²) in [7, 11) is -4.56. The van der Waals surface area contributed by atoms with Crippen LogP contribution < -0.4 is 14.4 Å². The number of carbonyl (C=O) groups is 1. The van der Waals surface area contributed by atoms with E-state index in [2.05, 4.69) is 50.5 Å². The number of anilines is 1. The lowest BCUT2D eigenvalue weighted by atomic mass is 9.72. The maximum Gasteiger partial charge on any atom is 0.274 e. The summed E-state index contributed by atoms with van der Waals surface area (Å²) in [5.74, 6) is -0.516. The van der Waals surface area contributed by atoms with Gasteiger partial charge in [0.1, 0.15) is 17.1 Å². The Bertz CT molecular complexity index is 2560. The van der Waals surface area contributed by atoms with Crippen LogP contribution in [0.4, 0.5) is 11.4 Å². The smallest absolute Gasteiger partial charge is 0.274 e. The summed E-state index contributed by atoms with van der Waals surface area (Å²) in [5, 5.41) is 23.0. The van der Waals surface area contributed by atoms with Gasteiger partial charge in [0.25, 0.3) is 21.6 Å². The number of allylic oxidation sites excluding steroid dienone is 1. The molecule has 8 rings (SSSR count). The third-order valence-electron chi connectivity index (χ3n) is 11.9. The highest BCUT2D eigenvalue weighted by Gasteiger charge is 2.33. The monoisotopic (exact) mass is 838 g/mol. The number of benzene rings is 3. The van der Waals surface area contributed by atoms with Crippen molar-refractivity contribution in [3.05, 3.63) is 122 Å². The second-order valence-electron chi connectivity index (χ2n) is 16.6. The second-order valence-corrected chi connectivity index (χ2v) is 18.7. The van der Waals surface area contributed by atoms with E-state index in [0.29, 0.717) is 41.8 Å². The maximum atomic E-state index is 13.9. The number of carbonyl (C=O) groups excluding carboxylic acids is 1. The SMILES string of the molecule is CC1(C)CCC(CN2CCN(c3ccc(C(=O)NS(=O)(=O)c4cc5c(c([N+](=O)[O-])c4)C[C@@H](CCO)C5)c(Oc4cnc5[nH]ccc5c4)c3)CC2)=C(c2ccc(Cl)cc2)C1. The van der Waals surface area contributed by atoms with Gasteiger partial charge in [0.15, 0.2) is 0 Å². The molecule has 59 heavy (non-hydrogen) atoms. The number of aliphatic hydroxyl groups excluding tert-OH is 1. The van der Waals surface area contributed by atoms with E-state index in [4.69, 9.17) is 16.3 Å². The molecule has 15 heteroatoms. The Balaban J connectivity index is 1.03. The lowest BCUT2D eigenvalue weighted by Gasteiger charge is -2.39. The molecule has 0 unspecified atom stereocenters. The molecule has 2 aliphatic carbocycles. The molecule has 3 N–H and O–H groups in total. The van der Waals surface area contributed by atoms with Crippen molar-refractivity contribution in [3.63, 3.8) is 0 Å². The van der Waals surface area contributed by atoms with Crippen LogP contribution in [0.15, 0.2) is 89.6 Å². The molecule has 0 spiro atoms. The standard InChI is InChI=1S/C44H47ClN6O7S/c1-44(2)12-9-31(39(25-44)29-3-5-33(45)6-4-29)27-49-14-16-50(17-15-49)34-7-8-37(41(23-34)58-35-21-30-10-13-46-42(30)47-26-35)43(53)48-59(56,57)36-22-32-19-28(11-18-52)20-38(32)40(24-36)51(54)55/h3-8,10,13,21-24,26,28,52H,9,11-12,14-20,25,27H2,1-2H3,(H,46,47)(H,48,53)/t28-/m0/s1. The minimum Gasteiger partial charge on any atom is -0.455 e. The molecule has 308 valence electrons. The molecule has 13 nitrogen and oxygen atoms in total. The molecule has 1 atom stereocenters. The highest BCUT2D eigenvalue weighted by atomic mass is 35.5. The number of nitro benzene ring substituents is 1. The average Bonchev–Trinajstić information content (AvgIpc) is 3.85. The second kappa shape index (κ2) is 16.4. The Labute approximate surface area is 348 Å². The van der Waals surface area contributed by atoms with Crippen LogP contribution >= 0.6 is 11.6 Å². The first-order valence-corrected chi connectivity index (χ1v) is 21.8. The van der Waals surface area contributed by atoms with Crippen LogP contribution in [0, 0.1) is 21.4 Å². The number of amides is 1. The molecular weight excluding hydrogens is 792 g/mol. The van der Waals surface area contributed by atoms with E-state index in [-0.39, 0.29) is 39.8 Å². The van der Waals surface area contributed by atoms with Crippen LogP contribution in [0.1, 0.15) is 66.6 Å². The van der Waals surface area contributed by atoms with Gasteiger partial charge in [-0.2, -0.15) is 0 Å². The molecule has 5 aromatic rings. The summed E-state index contributed by atoms with van der Waals surface area (Å²) in [6.07, 6.45) is 7.67. The first-order valence-electron chi connectivity index (χ1n) is 19.9. The first-order chi connectivity index (χ1) is 28.2. The lowest BCUT2D eigenvalue weighted by molar-refractivity contribution is -0.385. The number of fused-ring (bicyclic) bond motifs is 2. The van der Waals surface area contributed by atoms with Gasteiger partial charge in [-0.1, -0.05) is 43.2 Å². The normalized spacial score (nSPS) is 18.2.